The van der Waals surface area contributed by atoms with Gasteiger partial charge in [-0.1, -0.05) is 60.7 Å². The van der Waals surface area contributed by atoms with Gasteiger partial charge in [-0.3, -0.25) is 9.10 Å². The van der Waals surface area contributed by atoms with E-state index in [2.05, 4.69) is 5.32 Å². The summed E-state index contributed by atoms with van der Waals surface area (Å²) in [6, 6.07) is 26.8. The lowest BCUT2D eigenvalue weighted by Crippen LogP contribution is -2.27. The number of hydrogen-bond acceptors (Lipinski definition) is 3. The van der Waals surface area contributed by atoms with Crippen molar-refractivity contribution in [3.63, 3.8) is 0 Å². The van der Waals surface area contributed by atoms with E-state index in [1.165, 1.54) is 23.5 Å². The van der Waals surface area contributed by atoms with Gasteiger partial charge in [-0.2, -0.15) is 0 Å². The molecule has 4 aromatic carbocycles. The van der Waals surface area contributed by atoms with Crippen LogP contribution < -0.4 is 9.62 Å². The number of nitrogens with zero attached hydrogens (tertiary/aromatic N) is 1. The minimum atomic E-state index is -3.82. The Labute approximate surface area is 182 Å². The van der Waals surface area contributed by atoms with E-state index >= 15 is 0 Å². The summed E-state index contributed by atoms with van der Waals surface area (Å²) in [6.45, 7) is 1.86. The van der Waals surface area contributed by atoms with Crippen molar-refractivity contribution in [3.8, 4) is 0 Å². The first kappa shape index (κ1) is 20.6. The Bertz CT molecular complexity index is 1380. The fraction of sp³-hybridized carbons (Fsp3) is 0.0800. The zero-order valence-corrected chi connectivity index (χ0v) is 18.1. The molecule has 4 rings (SSSR count). The van der Waals surface area contributed by atoms with Crippen LogP contribution in [0.2, 0.25) is 0 Å². The number of hydrogen-bond donors (Lipinski definition) is 1. The third-order valence-corrected chi connectivity index (χ3v) is 7.01. The second-order valence-corrected chi connectivity index (χ2v) is 9.24. The van der Waals surface area contributed by atoms with Crippen LogP contribution in [0.3, 0.4) is 0 Å². The van der Waals surface area contributed by atoms with Gasteiger partial charge >= 0.3 is 0 Å². The van der Waals surface area contributed by atoms with Crippen molar-refractivity contribution in [1.29, 1.82) is 0 Å². The molecule has 4 aromatic rings. The minimum absolute atomic E-state index is 0.0591. The molecule has 0 aromatic heterocycles. The van der Waals surface area contributed by atoms with Gasteiger partial charge in [0.2, 0.25) is 0 Å². The number of para-hydroxylation sites is 1. The molecule has 156 valence electrons. The molecule has 5 nitrogen and oxygen atoms in total. The highest BCUT2D eigenvalue weighted by Crippen LogP contribution is 2.27. The Kier molecular flexibility index (Phi) is 5.48. The lowest BCUT2D eigenvalue weighted by atomic mass is 10.1. The van der Waals surface area contributed by atoms with Crippen LogP contribution in [0.4, 0.5) is 11.4 Å². The fourth-order valence-electron chi connectivity index (χ4n) is 3.53. The molecular formula is C25H22N2O3S. The van der Waals surface area contributed by atoms with E-state index in [0.717, 1.165) is 16.3 Å². The van der Waals surface area contributed by atoms with Gasteiger partial charge in [0.15, 0.2) is 0 Å². The van der Waals surface area contributed by atoms with Crippen LogP contribution in [-0.2, 0) is 10.0 Å². The fourth-order valence-corrected chi connectivity index (χ4v) is 4.84. The van der Waals surface area contributed by atoms with Crippen molar-refractivity contribution >= 4 is 38.1 Å². The Hall–Kier alpha value is -3.64. The molecular weight excluding hydrogens is 408 g/mol. The van der Waals surface area contributed by atoms with E-state index in [9.17, 15) is 13.2 Å². The molecule has 0 unspecified atom stereocenters. The van der Waals surface area contributed by atoms with Crippen molar-refractivity contribution in [2.24, 2.45) is 0 Å². The molecule has 31 heavy (non-hydrogen) atoms. The highest BCUT2D eigenvalue weighted by molar-refractivity contribution is 7.92. The summed E-state index contributed by atoms with van der Waals surface area (Å²) in [6.07, 6.45) is 0. The van der Waals surface area contributed by atoms with Crippen molar-refractivity contribution in [1.82, 2.24) is 0 Å². The van der Waals surface area contributed by atoms with Crippen LogP contribution in [0, 0.1) is 6.92 Å². The highest BCUT2D eigenvalue weighted by Gasteiger charge is 2.23. The van der Waals surface area contributed by atoms with Gasteiger partial charge < -0.3 is 5.32 Å². The topological polar surface area (TPSA) is 66.5 Å². The summed E-state index contributed by atoms with van der Waals surface area (Å²) in [4.78, 5) is 13.0. The third-order valence-electron chi connectivity index (χ3n) is 5.25. The molecule has 0 aliphatic rings. The highest BCUT2D eigenvalue weighted by atomic mass is 32.2. The Morgan fingerprint density at radius 2 is 1.52 bits per heavy atom. The smallest absolute Gasteiger partial charge is 0.264 e. The van der Waals surface area contributed by atoms with Gasteiger partial charge in [-0.05, 0) is 48.2 Å². The average molecular weight is 431 g/mol. The number of fused-ring (bicyclic) bond motifs is 1. The van der Waals surface area contributed by atoms with E-state index in [1.807, 2.05) is 61.5 Å². The monoisotopic (exact) mass is 430 g/mol. The molecule has 0 saturated carbocycles. The van der Waals surface area contributed by atoms with E-state index in [0.29, 0.717) is 11.4 Å². The Morgan fingerprint density at radius 3 is 2.32 bits per heavy atom. The first-order valence-electron chi connectivity index (χ1n) is 9.82. The lowest BCUT2D eigenvalue weighted by Gasteiger charge is -2.21. The number of sulfonamides is 1. The Morgan fingerprint density at radius 1 is 0.839 bits per heavy atom. The predicted molar refractivity (Wildman–Crippen MR) is 125 cm³/mol. The molecule has 0 heterocycles. The first-order chi connectivity index (χ1) is 14.9. The summed E-state index contributed by atoms with van der Waals surface area (Å²) < 4.78 is 27.6. The SMILES string of the molecule is Cc1ccccc1N(C)S(=O)(=O)c1cccc(C(=O)Nc2cccc3ccccc23)c1. The molecule has 0 fully saturated rings. The van der Waals surface area contributed by atoms with Gasteiger partial charge in [0.1, 0.15) is 0 Å². The quantitative estimate of drug-likeness (QED) is 0.472. The normalized spacial score (nSPS) is 11.3. The number of aryl methyl sites for hydroxylation is 1. The van der Waals surface area contributed by atoms with Gasteiger partial charge in [0.05, 0.1) is 10.6 Å². The summed E-state index contributed by atoms with van der Waals surface area (Å²) in [5, 5.41) is 4.83. The van der Waals surface area contributed by atoms with Gasteiger partial charge in [-0.15, -0.1) is 0 Å². The zero-order valence-electron chi connectivity index (χ0n) is 17.2. The number of amides is 1. The number of rotatable bonds is 5. The summed E-state index contributed by atoms with van der Waals surface area (Å²) in [5.41, 5.74) is 2.38. The second kappa shape index (κ2) is 8.24. The van der Waals surface area contributed by atoms with E-state index in [1.54, 1.807) is 24.3 Å². The largest absolute Gasteiger partial charge is 0.321 e. The first-order valence-corrected chi connectivity index (χ1v) is 11.3. The molecule has 0 spiro atoms. The van der Waals surface area contributed by atoms with Crippen molar-refractivity contribution in [2.75, 3.05) is 16.7 Å². The number of carbonyl (C=O) groups excluding carboxylic acids is 1. The van der Waals surface area contributed by atoms with Crippen molar-refractivity contribution in [2.45, 2.75) is 11.8 Å². The molecule has 1 amide bonds. The molecule has 1 N–H and O–H groups in total. The second-order valence-electron chi connectivity index (χ2n) is 7.27. The van der Waals surface area contributed by atoms with Crippen LogP contribution in [0.15, 0.2) is 95.9 Å². The number of carbonyl (C=O) groups is 1. The summed E-state index contributed by atoms with van der Waals surface area (Å²) in [5.74, 6) is -0.369. The third kappa shape index (κ3) is 4.02. The van der Waals surface area contributed by atoms with Crippen LogP contribution in [-0.4, -0.2) is 21.4 Å². The lowest BCUT2D eigenvalue weighted by molar-refractivity contribution is 0.102. The van der Waals surface area contributed by atoms with Crippen molar-refractivity contribution < 1.29 is 13.2 Å². The maximum absolute atomic E-state index is 13.2. The number of anilines is 2. The summed E-state index contributed by atoms with van der Waals surface area (Å²) in [7, 11) is -2.31. The molecule has 0 aliphatic heterocycles. The Balaban J connectivity index is 1.65. The molecule has 0 radical (unpaired) electrons. The standard InChI is InChI=1S/C25H22N2O3S/c1-18-9-3-6-16-24(18)27(2)31(29,30)21-13-7-12-20(17-21)25(28)26-23-15-8-11-19-10-4-5-14-22(19)23/h3-17H,1-2H3,(H,26,28). The van der Waals surface area contributed by atoms with Crippen LogP contribution in [0.25, 0.3) is 10.8 Å². The maximum atomic E-state index is 13.2. The average Bonchev–Trinajstić information content (AvgIpc) is 2.79. The van der Waals surface area contributed by atoms with E-state index in [4.69, 9.17) is 0 Å². The molecule has 0 bridgehead atoms. The molecule has 0 saturated heterocycles. The van der Waals surface area contributed by atoms with Crippen molar-refractivity contribution in [3.05, 3.63) is 102 Å². The summed E-state index contributed by atoms with van der Waals surface area (Å²) >= 11 is 0. The van der Waals surface area contributed by atoms with Gasteiger partial charge in [-0.25, -0.2) is 8.42 Å². The van der Waals surface area contributed by atoms with E-state index < -0.39 is 10.0 Å². The number of benzene rings is 4. The van der Waals surface area contributed by atoms with E-state index in [-0.39, 0.29) is 16.4 Å². The predicted octanol–water partition coefficient (Wildman–Crippen LogP) is 5.23. The maximum Gasteiger partial charge on any atom is 0.264 e. The van der Waals surface area contributed by atoms with Crippen LogP contribution in [0.1, 0.15) is 15.9 Å². The van der Waals surface area contributed by atoms with Gasteiger partial charge in [0.25, 0.3) is 15.9 Å². The van der Waals surface area contributed by atoms with Gasteiger partial charge in [0, 0.05) is 23.7 Å². The molecule has 0 atom stereocenters. The van der Waals surface area contributed by atoms with Crippen LogP contribution >= 0.6 is 0 Å². The zero-order chi connectivity index (χ0) is 22.0. The minimum Gasteiger partial charge on any atom is -0.321 e. The molecule has 6 heteroatoms. The molecule has 0 aliphatic carbocycles. The number of nitrogens with one attached hydrogen (secondary N) is 1. The van der Waals surface area contributed by atoms with Crippen LogP contribution in [0.5, 0.6) is 0 Å².